The van der Waals surface area contributed by atoms with Crippen molar-refractivity contribution in [3.8, 4) is 0 Å². The summed E-state index contributed by atoms with van der Waals surface area (Å²) in [5, 5.41) is 2.91. The van der Waals surface area contributed by atoms with Gasteiger partial charge >= 0.3 is 0 Å². The van der Waals surface area contributed by atoms with Crippen molar-refractivity contribution in [3.63, 3.8) is 0 Å². The first-order chi connectivity index (χ1) is 17.8. The molecule has 8 nitrogen and oxygen atoms in total. The predicted octanol–water partition coefficient (Wildman–Crippen LogP) is 3.26. The Bertz CT molecular complexity index is 1140. The quantitative estimate of drug-likeness (QED) is 0.353. The number of carbonyl (C=O) groups excluding carboxylic acids is 3. The van der Waals surface area contributed by atoms with Gasteiger partial charge < -0.3 is 15.1 Å². The SMILES string of the molecule is C=C/C=C/C(S)=C/C1CCCN(C(=O)/C=C/c2cnc3c(c2)CN2CCN(C(C)=O)CC2C(=O)N3)CC1. The van der Waals surface area contributed by atoms with Crippen molar-refractivity contribution in [2.45, 2.75) is 38.8 Å². The highest BCUT2D eigenvalue weighted by Gasteiger charge is 2.36. The van der Waals surface area contributed by atoms with Gasteiger partial charge in [0, 0.05) is 68.9 Å². The third-order valence-electron chi connectivity index (χ3n) is 7.15. The summed E-state index contributed by atoms with van der Waals surface area (Å²) in [5.41, 5.74) is 1.71. The van der Waals surface area contributed by atoms with E-state index in [2.05, 4.69) is 40.5 Å². The van der Waals surface area contributed by atoms with Crippen LogP contribution in [0.4, 0.5) is 5.82 Å². The number of hydrogen-bond acceptors (Lipinski definition) is 6. The second-order valence-electron chi connectivity index (χ2n) is 9.75. The molecule has 0 radical (unpaired) electrons. The highest BCUT2D eigenvalue weighted by molar-refractivity contribution is 7.84. The Kier molecular flexibility index (Phi) is 9.00. The molecule has 3 aliphatic rings. The number of hydrogen-bond donors (Lipinski definition) is 2. The van der Waals surface area contributed by atoms with Gasteiger partial charge in [-0.3, -0.25) is 19.3 Å². The second kappa shape index (κ2) is 12.4. The monoisotopic (exact) mass is 521 g/mol. The van der Waals surface area contributed by atoms with Crippen molar-refractivity contribution >= 4 is 42.2 Å². The molecule has 1 aromatic rings. The number of nitrogens with zero attached hydrogens (tertiary/aromatic N) is 4. The van der Waals surface area contributed by atoms with Crippen molar-refractivity contribution < 1.29 is 14.4 Å². The lowest BCUT2D eigenvalue weighted by Gasteiger charge is -2.38. The number of rotatable bonds is 5. The van der Waals surface area contributed by atoms with E-state index in [1.54, 1.807) is 29.3 Å². The minimum atomic E-state index is -0.397. The van der Waals surface area contributed by atoms with Crippen LogP contribution in [-0.4, -0.2) is 76.2 Å². The molecule has 2 unspecified atom stereocenters. The van der Waals surface area contributed by atoms with Gasteiger partial charge in [0.1, 0.15) is 11.9 Å². The fraction of sp³-hybridized carbons (Fsp3) is 0.429. The zero-order chi connectivity index (χ0) is 26.4. The van der Waals surface area contributed by atoms with Crippen LogP contribution < -0.4 is 5.32 Å². The first kappa shape index (κ1) is 26.9. The van der Waals surface area contributed by atoms with Gasteiger partial charge in [-0.2, -0.15) is 0 Å². The Morgan fingerprint density at radius 3 is 2.78 bits per heavy atom. The summed E-state index contributed by atoms with van der Waals surface area (Å²) in [6.07, 6.45) is 15.7. The van der Waals surface area contributed by atoms with Gasteiger partial charge in [0.05, 0.1) is 0 Å². The van der Waals surface area contributed by atoms with Crippen LogP contribution in [0.25, 0.3) is 6.08 Å². The number of pyridine rings is 1. The molecule has 3 amide bonds. The van der Waals surface area contributed by atoms with Crippen LogP contribution in [0.5, 0.6) is 0 Å². The minimum Gasteiger partial charge on any atom is -0.340 e. The Morgan fingerprint density at radius 1 is 1.16 bits per heavy atom. The molecular weight excluding hydrogens is 486 g/mol. The lowest BCUT2D eigenvalue weighted by Crippen LogP contribution is -2.57. The summed E-state index contributed by atoms with van der Waals surface area (Å²) < 4.78 is 0. The summed E-state index contributed by atoms with van der Waals surface area (Å²) in [4.78, 5) is 48.6. The number of allylic oxidation sites excluding steroid dienone is 4. The lowest BCUT2D eigenvalue weighted by molar-refractivity contribution is -0.134. The maximum atomic E-state index is 12.9. The maximum Gasteiger partial charge on any atom is 0.246 e. The highest BCUT2D eigenvalue weighted by Crippen LogP contribution is 2.25. The molecule has 0 spiro atoms. The summed E-state index contributed by atoms with van der Waals surface area (Å²) in [6, 6.07) is 1.58. The number of fused-ring (bicyclic) bond motifs is 2. The van der Waals surface area contributed by atoms with E-state index in [0.29, 0.717) is 44.5 Å². The summed E-state index contributed by atoms with van der Waals surface area (Å²) in [6.45, 7) is 8.82. The fourth-order valence-electron chi connectivity index (χ4n) is 5.06. The molecular formula is C28H35N5O3S. The first-order valence-electron chi connectivity index (χ1n) is 12.8. The van der Waals surface area contributed by atoms with Crippen molar-refractivity contribution in [2.24, 2.45) is 5.92 Å². The van der Waals surface area contributed by atoms with E-state index in [9.17, 15) is 14.4 Å². The Hall–Kier alpha value is -3.17. The minimum absolute atomic E-state index is 0.00839. The summed E-state index contributed by atoms with van der Waals surface area (Å²) in [5.74, 6) is 0.759. The molecule has 4 heterocycles. The molecule has 196 valence electrons. The van der Waals surface area contributed by atoms with E-state index in [1.165, 1.54) is 6.92 Å². The van der Waals surface area contributed by atoms with Crippen molar-refractivity contribution in [3.05, 3.63) is 65.3 Å². The van der Waals surface area contributed by atoms with Crippen LogP contribution in [0.2, 0.25) is 0 Å². The molecule has 4 rings (SSSR count). The molecule has 2 fully saturated rings. The van der Waals surface area contributed by atoms with E-state index in [-0.39, 0.29) is 17.7 Å². The normalized spacial score (nSPS) is 23.3. The highest BCUT2D eigenvalue weighted by atomic mass is 32.1. The Labute approximate surface area is 224 Å². The van der Waals surface area contributed by atoms with Crippen LogP contribution in [-0.2, 0) is 20.9 Å². The number of nitrogens with one attached hydrogen (secondary N) is 1. The van der Waals surface area contributed by atoms with Gasteiger partial charge in [0.15, 0.2) is 0 Å². The molecule has 2 saturated heterocycles. The first-order valence-corrected chi connectivity index (χ1v) is 13.2. The zero-order valence-corrected chi connectivity index (χ0v) is 22.2. The third kappa shape index (κ3) is 6.99. The molecule has 3 aliphatic heterocycles. The van der Waals surface area contributed by atoms with Gasteiger partial charge in [-0.1, -0.05) is 24.8 Å². The number of anilines is 1. The fourth-order valence-corrected chi connectivity index (χ4v) is 5.36. The van der Waals surface area contributed by atoms with E-state index < -0.39 is 6.04 Å². The second-order valence-corrected chi connectivity index (χ2v) is 10.3. The van der Waals surface area contributed by atoms with Gasteiger partial charge in [0.25, 0.3) is 0 Å². The largest absolute Gasteiger partial charge is 0.340 e. The van der Waals surface area contributed by atoms with Crippen molar-refractivity contribution in [1.82, 2.24) is 19.7 Å². The van der Waals surface area contributed by atoms with Crippen LogP contribution >= 0.6 is 12.6 Å². The van der Waals surface area contributed by atoms with Crippen molar-refractivity contribution in [1.29, 1.82) is 0 Å². The van der Waals surface area contributed by atoms with Crippen LogP contribution in [0, 0.1) is 5.92 Å². The molecule has 37 heavy (non-hydrogen) atoms. The average molecular weight is 522 g/mol. The molecule has 0 saturated carbocycles. The number of carbonyl (C=O) groups is 3. The van der Waals surface area contributed by atoms with Crippen LogP contribution in [0.15, 0.2) is 54.1 Å². The number of thiol groups is 1. The topological polar surface area (TPSA) is 85.9 Å². The van der Waals surface area contributed by atoms with Gasteiger partial charge in [-0.25, -0.2) is 4.98 Å². The van der Waals surface area contributed by atoms with E-state index in [4.69, 9.17) is 0 Å². The van der Waals surface area contributed by atoms with Crippen LogP contribution in [0.3, 0.4) is 0 Å². The molecule has 0 bridgehead atoms. The molecule has 0 aliphatic carbocycles. The molecule has 1 aromatic heterocycles. The number of piperazine rings is 1. The molecule has 1 N–H and O–H groups in total. The molecule has 9 heteroatoms. The Morgan fingerprint density at radius 2 is 2.00 bits per heavy atom. The number of amides is 3. The standard InChI is InChI=1S/C28H35N5O3S/c1-3-4-7-24(37)16-21-6-5-11-31(12-10-21)26(35)9-8-22-15-23-18-33-14-13-32(20(2)34)19-25(33)28(36)30-27(23)29-17-22/h3-4,7-9,15-17,21,25,37H,1,5-6,10-14,18-19H2,2H3,(H,29,30,36)/b7-4+,9-8+,24-16-. The number of likely N-dealkylation sites (tertiary alicyclic amines) is 1. The van der Waals surface area contributed by atoms with Gasteiger partial charge in [0.2, 0.25) is 17.7 Å². The van der Waals surface area contributed by atoms with Crippen LogP contribution in [0.1, 0.15) is 37.3 Å². The van der Waals surface area contributed by atoms with E-state index in [1.807, 2.05) is 23.1 Å². The predicted molar refractivity (Wildman–Crippen MR) is 149 cm³/mol. The lowest BCUT2D eigenvalue weighted by atomic mass is 10.0. The summed E-state index contributed by atoms with van der Waals surface area (Å²) in [7, 11) is 0. The van der Waals surface area contributed by atoms with E-state index >= 15 is 0 Å². The van der Waals surface area contributed by atoms with E-state index in [0.717, 1.165) is 41.8 Å². The zero-order valence-electron chi connectivity index (χ0n) is 21.3. The average Bonchev–Trinajstić information content (AvgIpc) is 3.19. The molecule has 0 aromatic carbocycles. The summed E-state index contributed by atoms with van der Waals surface area (Å²) >= 11 is 4.52. The maximum absolute atomic E-state index is 12.9. The smallest absolute Gasteiger partial charge is 0.246 e. The van der Waals surface area contributed by atoms with Crippen molar-refractivity contribution in [2.75, 3.05) is 38.0 Å². The number of aromatic nitrogens is 1. The molecule has 2 atom stereocenters. The third-order valence-corrected chi connectivity index (χ3v) is 7.45. The van der Waals surface area contributed by atoms with Gasteiger partial charge in [-0.05, 0) is 49.0 Å². The Balaban J connectivity index is 1.38. The van der Waals surface area contributed by atoms with Gasteiger partial charge in [-0.15, -0.1) is 12.6 Å².